The van der Waals surface area contributed by atoms with Crippen LogP contribution in [-0.2, 0) is 9.84 Å². The molecular formula is C17H20N4O4S. The van der Waals surface area contributed by atoms with Crippen LogP contribution in [0.15, 0.2) is 30.3 Å². The van der Waals surface area contributed by atoms with Crippen LogP contribution in [0.5, 0.6) is 5.75 Å². The lowest BCUT2D eigenvalue weighted by Crippen LogP contribution is -2.59. The zero-order valence-electron chi connectivity index (χ0n) is 14.3. The van der Waals surface area contributed by atoms with Gasteiger partial charge in [-0.2, -0.15) is 5.10 Å². The number of phenols is 1. The van der Waals surface area contributed by atoms with Crippen molar-refractivity contribution in [1.82, 2.24) is 20.0 Å². The fourth-order valence-corrected chi connectivity index (χ4v) is 5.80. The molecule has 0 radical (unpaired) electrons. The number of hydrogen-bond donors (Lipinski definition) is 2. The molecule has 0 saturated carbocycles. The van der Waals surface area contributed by atoms with Crippen molar-refractivity contribution in [2.24, 2.45) is 0 Å². The Bertz CT molecular complexity index is 938. The summed E-state index contributed by atoms with van der Waals surface area (Å²) >= 11 is 0. The van der Waals surface area contributed by atoms with Crippen LogP contribution in [0, 0.1) is 0 Å². The maximum absolute atomic E-state index is 13.0. The van der Waals surface area contributed by atoms with Gasteiger partial charge >= 0.3 is 0 Å². The number of likely N-dealkylation sites (N-methyl/N-ethyl adjacent to an activating group) is 1. The number of aromatic hydroxyl groups is 1. The summed E-state index contributed by atoms with van der Waals surface area (Å²) in [6.07, 6.45) is 0. The molecule has 1 amide bonds. The minimum Gasteiger partial charge on any atom is -0.508 e. The zero-order valence-corrected chi connectivity index (χ0v) is 15.1. The van der Waals surface area contributed by atoms with E-state index in [1.807, 2.05) is 11.9 Å². The highest BCUT2D eigenvalue weighted by Gasteiger charge is 2.47. The average molecular weight is 376 g/mol. The molecule has 138 valence electrons. The van der Waals surface area contributed by atoms with Gasteiger partial charge in [0.1, 0.15) is 11.4 Å². The van der Waals surface area contributed by atoms with Crippen molar-refractivity contribution in [1.29, 1.82) is 0 Å². The van der Waals surface area contributed by atoms with Gasteiger partial charge in [-0.25, -0.2) is 8.42 Å². The molecule has 0 spiro atoms. The third-order valence-corrected chi connectivity index (χ3v) is 6.88. The SMILES string of the molecule is CN1CCN(C(=O)c2cc(-c3ccc(O)cc3)n[nH]2)[C@H]2CS(=O)(=O)C[C@H]21. The minimum atomic E-state index is -3.14. The monoisotopic (exact) mass is 376 g/mol. The summed E-state index contributed by atoms with van der Waals surface area (Å²) in [4.78, 5) is 16.6. The quantitative estimate of drug-likeness (QED) is 0.783. The third kappa shape index (κ3) is 2.97. The number of piperazine rings is 1. The molecule has 0 bridgehead atoms. The number of hydrogen-bond acceptors (Lipinski definition) is 6. The second-order valence-corrected chi connectivity index (χ2v) is 9.06. The lowest BCUT2D eigenvalue weighted by Gasteiger charge is -2.42. The first kappa shape index (κ1) is 17.0. The van der Waals surface area contributed by atoms with E-state index in [2.05, 4.69) is 10.2 Å². The molecule has 2 aliphatic heterocycles. The third-order valence-electron chi connectivity index (χ3n) is 5.19. The van der Waals surface area contributed by atoms with Crippen molar-refractivity contribution in [3.05, 3.63) is 36.0 Å². The van der Waals surface area contributed by atoms with Gasteiger partial charge in [-0.3, -0.25) is 14.8 Å². The first-order valence-electron chi connectivity index (χ1n) is 8.40. The van der Waals surface area contributed by atoms with E-state index in [-0.39, 0.29) is 35.2 Å². The number of aromatic amines is 1. The molecule has 2 aromatic rings. The molecule has 2 N–H and O–H groups in total. The maximum atomic E-state index is 13.0. The smallest absolute Gasteiger partial charge is 0.272 e. The van der Waals surface area contributed by atoms with Crippen LogP contribution in [0.25, 0.3) is 11.3 Å². The molecule has 2 aliphatic rings. The Morgan fingerprint density at radius 3 is 2.62 bits per heavy atom. The number of nitrogens with zero attached hydrogens (tertiary/aromatic N) is 3. The Labute approximate surface area is 151 Å². The highest BCUT2D eigenvalue weighted by Crippen LogP contribution is 2.28. The van der Waals surface area contributed by atoms with E-state index in [4.69, 9.17) is 0 Å². The van der Waals surface area contributed by atoms with Crippen molar-refractivity contribution in [3.8, 4) is 17.0 Å². The number of fused-ring (bicyclic) bond motifs is 1. The van der Waals surface area contributed by atoms with Crippen molar-refractivity contribution in [2.75, 3.05) is 31.6 Å². The number of nitrogens with one attached hydrogen (secondary N) is 1. The molecule has 8 nitrogen and oxygen atoms in total. The number of aromatic nitrogens is 2. The van der Waals surface area contributed by atoms with Crippen LogP contribution in [0.4, 0.5) is 0 Å². The number of rotatable bonds is 2. The van der Waals surface area contributed by atoms with Crippen LogP contribution in [0.2, 0.25) is 0 Å². The Morgan fingerprint density at radius 2 is 1.88 bits per heavy atom. The summed E-state index contributed by atoms with van der Waals surface area (Å²) < 4.78 is 24.1. The Balaban J connectivity index is 1.59. The van der Waals surface area contributed by atoms with Crippen LogP contribution < -0.4 is 0 Å². The summed E-state index contributed by atoms with van der Waals surface area (Å²) in [5.41, 5.74) is 1.71. The Hall–Kier alpha value is -2.39. The van der Waals surface area contributed by atoms with Crippen molar-refractivity contribution in [3.63, 3.8) is 0 Å². The van der Waals surface area contributed by atoms with Crippen LogP contribution in [-0.4, -0.2) is 83.2 Å². The van der Waals surface area contributed by atoms with E-state index in [0.717, 1.165) is 5.56 Å². The van der Waals surface area contributed by atoms with Gasteiger partial charge in [0.05, 0.1) is 23.2 Å². The molecule has 9 heteroatoms. The van der Waals surface area contributed by atoms with Crippen LogP contribution in [0.1, 0.15) is 10.5 Å². The zero-order chi connectivity index (χ0) is 18.5. The second kappa shape index (κ2) is 6.10. The standard InChI is InChI=1S/C17H20N4O4S/c1-20-6-7-21(16-10-26(24,25)9-15(16)20)17(23)14-8-13(18-19-14)11-2-4-12(22)5-3-11/h2-5,8,15-16,22H,6-7,9-10H2,1H3,(H,18,19)/t15-,16+/m1/s1. The van der Waals surface area contributed by atoms with Crippen LogP contribution in [0.3, 0.4) is 0 Å². The van der Waals surface area contributed by atoms with Gasteiger partial charge in [0.2, 0.25) is 0 Å². The second-order valence-electron chi connectivity index (χ2n) is 6.90. The fourth-order valence-electron chi connectivity index (χ4n) is 3.74. The summed E-state index contributed by atoms with van der Waals surface area (Å²) in [7, 11) is -1.24. The lowest BCUT2D eigenvalue weighted by atomic mass is 10.0. The lowest BCUT2D eigenvalue weighted by molar-refractivity contribution is 0.0404. The highest BCUT2D eigenvalue weighted by atomic mass is 32.2. The number of carbonyl (C=O) groups is 1. The number of carbonyl (C=O) groups excluding carboxylic acids is 1. The van der Waals surface area contributed by atoms with Gasteiger partial charge in [0.25, 0.3) is 5.91 Å². The average Bonchev–Trinajstić information content (AvgIpc) is 3.20. The van der Waals surface area contributed by atoms with E-state index < -0.39 is 9.84 Å². The summed E-state index contributed by atoms with van der Waals surface area (Å²) in [6, 6.07) is 7.72. The van der Waals surface area contributed by atoms with Gasteiger partial charge in [0, 0.05) is 24.7 Å². The number of benzene rings is 1. The predicted molar refractivity (Wildman–Crippen MR) is 95.6 cm³/mol. The number of amides is 1. The number of sulfone groups is 1. The molecule has 26 heavy (non-hydrogen) atoms. The molecule has 1 aromatic carbocycles. The summed E-state index contributed by atoms with van der Waals surface area (Å²) in [5, 5.41) is 16.3. The minimum absolute atomic E-state index is 0.00665. The first-order valence-corrected chi connectivity index (χ1v) is 10.2. The Kier molecular flexibility index (Phi) is 4.00. The van der Waals surface area contributed by atoms with E-state index in [1.54, 1.807) is 35.2 Å². The normalized spacial score (nSPS) is 25.2. The fraction of sp³-hybridized carbons (Fsp3) is 0.412. The predicted octanol–water partition coefficient (Wildman–Crippen LogP) is 0.335. The molecule has 2 saturated heterocycles. The molecule has 4 rings (SSSR count). The number of phenolic OH excluding ortho intramolecular Hbond substituents is 1. The summed E-state index contributed by atoms with van der Waals surface area (Å²) in [5.74, 6) is 0.0288. The van der Waals surface area contributed by atoms with Crippen molar-refractivity contribution >= 4 is 15.7 Å². The first-order chi connectivity index (χ1) is 12.3. The highest BCUT2D eigenvalue weighted by molar-refractivity contribution is 7.91. The van der Waals surface area contributed by atoms with E-state index in [1.165, 1.54) is 0 Å². The molecule has 2 atom stereocenters. The van der Waals surface area contributed by atoms with Gasteiger partial charge in [-0.15, -0.1) is 0 Å². The van der Waals surface area contributed by atoms with Gasteiger partial charge < -0.3 is 10.0 Å². The molecule has 0 unspecified atom stereocenters. The molecular weight excluding hydrogens is 356 g/mol. The van der Waals surface area contributed by atoms with Crippen molar-refractivity contribution in [2.45, 2.75) is 12.1 Å². The van der Waals surface area contributed by atoms with E-state index >= 15 is 0 Å². The molecule has 3 heterocycles. The van der Waals surface area contributed by atoms with Crippen LogP contribution >= 0.6 is 0 Å². The van der Waals surface area contributed by atoms with Crippen molar-refractivity contribution < 1.29 is 18.3 Å². The van der Waals surface area contributed by atoms with E-state index in [9.17, 15) is 18.3 Å². The largest absolute Gasteiger partial charge is 0.508 e. The molecule has 0 aliphatic carbocycles. The topological polar surface area (TPSA) is 107 Å². The molecule has 2 fully saturated rings. The van der Waals surface area contributed by atoms with E-state index in [0.29, 0.717) is 24.5 Å². The molecule has 1 aromatic heterocycles. The maximum Gasteiger partial charge on any atom is 0.272 e. The van der Waals surface area contributed by atoms with Gasteiger partial charge in [-0.05, 0) is 37.4 Å². The van der Waals surface area contributed by atoms with Gasteiger partial charge in [-0.1, -0.05) is 0 Å². The number of H-pyrrole nitrogens is 1. The summed E-state index contributed by atoms with van der Waals surface area (Å²) in [6.45, 7) is 1.13. The van der Waals surface area contributed by atoms with Gasteiger partial charge in [0.15, 0.2) is 9.84 Å². The Morgan fingerprint density at radius 1 is 1.19 bits per heavy atom.